The highest BCUT2D eigenvalue weighted by molar-refractivity contribution is 6.00. The van der Waals surface area contributed by atoms with E-state index in [1.54, 1.807) is 6.20 Å². The molecule has 2 aromatic heterocycles. The number of aromatic nitrogens is 3. The Bertz CT molecular complexity index is 1090. The minimum Gasteiger partial charge on any atom is -0.475 e. The fraction of sp³-hybridized carbons (Fsp3) is 0.417. The summed E-state index contributed by atoms with van der Waals surface area (Å²) in [5.41, 5.74) is 3.40. The van der Waals surface area contributed by atoms with Crippen molar-refractivity contribution in [2.75, 3.05) is 31.1 Å². The fourth-order valence-corrected chi connectivity index (χ4v) is 4.21. The van der Waals surface area contributed by atoms with Crippen LogP contribution in [0, 0.1) is 5.92 Å². The van der Waals surface area contributed by atoms with Crippen molar-refractivity contribution in [3.8, 4) is 17.1 Å². The standard InChI is InChI=1S/C24H29N5O3/c1-4-29(24(31)18-9-10-28(15-18)11-12-30)19-6-7-21-20(13-19)23(27-26-21)17-5-8-22(25-14-17)32-16(2)3/h5-8,12-14,16,18H,4,9-11,15H2,1-3H3,(H,26,27). The summed E-state index contributed by atoms with van der Waals surface area (Å²) in [6, 6.07) is 9.69. The number of carbonyl (C=O) groups excluding carboxylic acids is 2. The third-order valence-electron chi connectivity index (χ3n) is 5.76. The first-order valence-electron chi connectivity index (χ1n) is 11.1. The van der Waals surface area contributed by atoms with Crippen LogP contribution in [0.5, 0.6) is 5.88 Å². The first kappa shape index (κ1) is 22.0. The van der Waals surface area contributed by atoms with Crippen LogP contribution in [-0.4, -0.2) is 64.6 Å². The zero-order valence-electron chi connectivity index (χ0n) is 18.7. The third-order valence-corrected chi connectivity index (χ3v) is 5.76. The summed E-state index contributed by atoms with van der Waals surface area (Å²) in [4.78, 5) is 32.3. The molecule has 8 nitrogen and oxygen atoms in total. The van der Waals surface area contributed by atoms with E-state index in [0.29, 0.717) is 25.5 Å². The minimum absolute atomic E-state index is 0.0602. The van der Waals surface area contributed by atoms with Gasteiger partial charge in [-0.1, -0.05) is 0 Å². The Kier molecular flexibility index (Phi) is 6.50. The van der Waals surface area contributed by atoms with E-state index in [2.05, 4.69) is 15.2 Å². The maximum atomic E-state index is 13.2. The van der Waals surface area contributed by atoms with E-state index < -0.39 is 0 Å². The molecule has 1 fully saturated rings. The zero-order valence-corrected chi connectivity index (χ0v) is 18.7. The number of benzene rings is 1. The maximum Gasteiger partial charge on any atom is 0.231 e. The molecule has 0 aliphatic carbocycles. The third kappa shape index (κ3) is 4.50. The highest BCUT2D eigenvalue weighted by Crippen LogP contribution is 2.31. The van der Waals surface area contributed by atoms with Gasteiger partial charge in [0, 0.05) is 42.0 Å². The Balaban J connectivity index is 1.60. The van der Waals surface area contributed by atoms with Crippen LogP contribution < -0.4 is 9.64 Å². The van der Waals surface area contributed by atoms with Gasteiger partial charge in [-0.2, -0.15) is 5.10 Å². The second kappa shape index (κ2) is 9.48. The van der Waals surface area contributed by atoms with Crippen molar-refractivity contribution >= 4 is 28.8 Å². The highest BCUT2D eigenvalue weighted by Gasteiger charge is 2.31. The lowest BCUT2D eigenvalue weighted by molar-refractivity contribution is -0.122. The number of amides is 1. The van der Waals surface area contributed by atoms with Crippen LogP contribution in [0.1, 0.15) is 27.2 Å². The first-order valence-corrected chi connectivity index (χ1v) is 11.1. The molecule has 1 aromatic carbocycles. The van der Waals surface area contributed by atoms with Gasteiger partial charge in [-0.25, -0.2) is 4.98 Å². The van der Waals surface area contributed by atoms with Gasteiger partial charge in [0.1, 0.15) is 12.0 Å². The summed E-state index contributed by atoms with van der Waals surface area (Å²) in [7, 11) is 0. The van der Waals surface area contributed by atoms with E-state index in [-0.39, 0.29) is 17.9 Å². The molecule has 1 N–H and O–H groups in total. The predicted molar refractivity (Wildman–Crippen MR) is 124 cm³/mol. The van der Waals surface area contributed by atoms with E-state index in [1.807, 2.05) is 60.9 Å². The topological polar surface area (TPSA) is 91.4 Å². The van der Waals surface area contributed by atoms with Crippen LogP contribution in [0.25, 0.3) is 22.2 Å². The van der Waals surface area contributed by atoms with Gasteiger partial charge in [0.15, 0.2) is 0 Å². The van der Waals surface area contributed by atoms with Crippen molar-refractivity contribution in [3.05, 3.63) is 36.5 Å². The van der Waals surface area contributed by atoms with Gasteiger partial charge in [0.05, 0.1) is 24.1 Å². The number of aldehydes is 1. The molecule has 1 saturated heterocycles. The summed E-state index contributed by atoms with van der Waals surface area (Å²) in [5, 5.41) is 8.49. The quantitative estimate of drug-likeness (QED) is 0.546. The Labute approximate surface area is 187 Å². The van der Waals surface area contributed by atoms with Gasteiger partial charge in [-0.15, -0.1) is 0 Å². The summed E-state index contributed by atoms with van der Waals surface area (Å²) in [6.45, 7) is 8.27. The molecule has 1 aliphatic rings. The number of hydrogen-bond acceptors (Lipinski definition) is 6. The smallest absolute Gasteiger partial charge is 0.231 e. The number of fused-ring (bicyclic) bond motifs is 1. The van der Waals surface area contributed by atoms with Crippen molar-refractivity contribution in [3.63, 3.8) is 0 Å². The summed E-state index contributed by atoms with van der Waals surface area (Å²) in [6.07, 6.45) is 3.49. The normalized spacial score (nSPS) is 16.6. The van der Waals surface area contributed by atoms with Gasteiger partial charge in [-0.05, 0) is 58.0 Å². The van der Waals surface area contributed by atoms with Gasteiger partial charge < -0.3 is 14.4 Å². The van der Waals surface area contributed by atoms with Crippen LogP contribution in [-0.2, 0) is 9.59 Å². The van der Waals surface area contributed by atoms with Crippen LogP contribution in [0.2, 0.25) is 0 Å². The van der Waals surface area contributed by atoms with Crippen molar-refractivity contribution in [2.45, 2.75) is 33.3 Å². The lowest BCUT2D eigenvalue weighted by atomic mass is 10.1. The molecule has 3 heterocycles. The molecule has 1 atom stereocenters. The number of aromatic amines is 1. The molecule has 0 bridgehead atoms. The number of nitrogens with zero attached hydrogens (tertiary/aromatic N) is 4. The largest absolute Gasteiger partial charge is 0.475 e. The van der Waals surface area contributed by atoms with Crippen molar-refractivity contribution in [1.29, 1.82) is 0 Å². The molecular formula is C24H29N5O3. The van der Waals surface area contributed by atoms with Gasteiger partial charge >= 0.3 is 0 Å². The van der Waals surface area contributed by atoms with Crippen molar-refractivity contribution < 1.29 is 14.3 Å². The number of ether oxygens (including phenoxy) is 1. The second-order valence-corrected chi connectivity index (χ2v) is 8.35. The molecule has 1 aliphatic heterocycles. The van der Waals surface area contributed by atoms with Crippen LogP contribution in [0.15, 0.2) is 36.5 Å². The molecule has 0 saturated carbocycles. The molecular weight excluding hydrogens is 406 g/mol. The summed E-state index contributed by atoms with van der Waals surface area (Å²) in [5.74, 6) is 0.585. The van der Waals surface area contributed by atoms with Gasteiger partial charge in [0.2, 0.25) is 11.8 Å². The van der Waals surface area contributed by atoms with E-state index in [9.17, 15) is 9.59 Å². The molecule has 8 heteroatoms. The zero-order chi connectivity index (χ0) is 22.7. The van der Waals surface area contributed by atoms with Crippen LogP contribution >= 0.6 is 0 Å². The molecule has 1 amide bonds. The Hall–Kier alpha value is -3.26. The lowest BCUT2D eigenvalue weighted by Crippen LogP contribution is -2.37. The molecule has 4 rings (SSSR count). The first-order chi connectivity index (χ1) is 15.5. The average molecular weight is 436 g/mol. The number of carbonyl (C=O) groups is 2. The van der Waals surface area contributed by atoms with E-state index in [0.717, 1.165) is 47.1 Å². The Morgan fingerprint density at radius 2 is 2.19 bits per heavy atom. The van der Waals surface area contributed by atoms with E-state index in [1.165, 1.54) is 0 Å². The number of anilines is 1. The minimum atomic E-state index is -0.0906. The predicted octanol–water partition coefficient (Wildman–Crippen LogP) is 3.29. The van der Waals surface area contributed by atoms with Crippen molar-refractivity contribution in [2.24, 2.45) is 5.92 Å². The van der Waals surface area contributed by atoms with Crippen LogP contribution in [0.3, 0.4) is 0 Å². The van der Waals surface area contributed by atoms with Crippen LogP contribution in [0.4, 0.5) is 5.69 Å². The van der Waals surface area contributed by atoms with E-state index >= 15 is 0 Å². The summed E-state index contributed by atoms with van der Waals surface area (Å²) < 4.78 is 5.63. The molecule has 3 aromatic rings. The Morgan fingerprint density at radius 1 is 1.34 bits per heavy atom. The molecule has 32 heavy (non-hydrogen) atoms. The lowest BCUT2D eigenvalue weighted by Gasteiger charge is -2.24. The number of H-pyrrole nitrogens is 1. The van der Waals surface area contributed by atoms with E-state index in [4.69, 9.17) is 4.74 Å². The maximum absolute atomic E-state index is 13.2. The molecule has 1 unspecified atom stereocenters. The van der Waals surface area contributed by atoms with Gasteiger partial charge in [0.25, 0.3) is 0 Å². The SMILES string of the molecule is CCN(C(=O)C1CCN(CC=O)C1)c1ccc2[nH]nc(-c3ccc(OC(C)C)nc3)c2c1. The average Bonchev–Trinajstić information content (AvgIpc) is 3.42. The monoisotopic (exact) mass is 435 g/mol. The number of pyridine rings is 1. The molecule has 0 radical (unpaired) electrons. The number of hydrogen-bond donors (Lipinski definition) is 1. The highest BCUT2D eigenvalue weighted by atomic mass is 16.5. The van der Waals surface area contributed by atoms with Gasteiger partial charge in [-0.3, -0.25) is 14.8 Å². The number of nitrogens with one attached hydrogen (secondary N) is 1. The summed E-state index contributed by atoms with van der Waals surface area (Å²) >= 11 is 0. The second-order valence-electron chi connectivity index (χ2n) is 8.35. The number of rotatable bonds is 8. The van der Waals surface area contributed by atoms with Crippen molar-refractivity contribution in [1.82, 2.24) is 20.1 Å². The molecule has 168 valence electrons. The Morgan fingerprint density at radius 3 is 2.88 bits per heavy atom. The fourth-order valence-electron chi connectivity index (χ4n) is 4.21. The number of likely N-dealkylation sites (tertiary alicyclic amines) is 1. The molecule has 0 spiro atoms.